The van der Waals surface area contributed by atoms with Crippen LogP contribution < -0.4 is 4.72 Å². The normalized spacial score (nSPS) is 20.1. The Hall–Kier alpha value is -5.85. The van der Waals surface area contributed by atoms with Gasteiger partial charge in [-0.25, -0.2) is 21.6 Å². The van der Waals surface area contributed by atoms with Crippen molar-refractivity contribution in [3.63, 3.8) is 0 Å². The van der Waals surface area contributed by atoms with Gasteiger partial charge in [-0.3, -0.25) is 4.79 Å². The molecule has 2 saturated carbocycles. The minimum Gasteiger partial charge on any atom is -0.468 e. The van der Waals surface area contributed by atoms with Crippen molar-refractivity contribution in [2.75, 3.05) is 20.8 Å². The molecule has 6 aromatic rings. The molecule has 6 aromatic carbocycles. The van der Waals surface area contributed by atoms with Gasteiger partial charge in [-0.05, 0) is 94.8 Å². The van der Waals surface area contributed by atoms with E-state index < -0.39 is 55.5 Å². The highest BCUT2D eigenvalue weighted by molar-refractivity contribution is 7.89. The second-order valence-corrected chi connectivity index (χ2v) is 19.5. The monoisotopic (exact) mass is 921 g/mol. The molecule has 0 spiro atoms. The third-order valence-corrected chi connectivity index (χ3v) is 15.3. The van der Waals surface area contributed by atoms with E-state index in [1.807, 2.05) is 91.0 Å². The first-order valence-electron chi connectivity index (χ1n) is 19.6. The summed E-state index contributed by atoms with van der Waals surface area (Å²) in [6, 6.07) is 47.8. The Morgan fingerprint density at radius 3 is 1.46 bits per heavy atom. The Morgan fingerprint density at radius 1 is 0.619 bits per heavy atom. The van der Waals surface area contributed by atoms with Crippen LogP contribution in [0.15, 0.2) is 168 Å². The van der Waals surface area contributed by atoms with Crippen LogP contribution in [0.25, 0.3) is 22.3 Å². The van der Waals surface area contributed by atoms with Gasteiger partial charge in [-0.2, -0.15) is 14.3 Å². The van der Waals surface area contributed by atoms with Crippen LogP contribution in [0.2, 0.25) is 10.0 Å². The lowest BCUT2D eigenvalue weighted by Gasteiger charge is -2.28. The molecule has 0 amide bonds. The Morgan fingerprint density at radius 2 is 1.03 bits per heavy atom. The molecule has 2 aliphatic rings. The predicted octanol–water partition coefficient (Wildman–Crippen LogP) is 9.01. The van der Waals surface area contributed by atoms with Crippen molar-refractivity contribution in [1.82, 2.24) is 9.03 Å². The van der Waals surface area contributed by atoms with Crippen molar-refractivity contribution in [3.05, 3.63) is 179 Å². The summed E-state index contributed by atoms with van der Waals surface area (Å²) in [6.45, 7) is -0.473. The molecule has 8 rings (SSSR count). The van der Waals surface area contributed by atoms with Crippen molar-refractivity contribution in [2.24, 2.45) is 0 Å². The quantitative estimate of drug-likeness (QED) is 0.0881. The molecule has 2 fully saturated rings. The maximum absolute atomic E-state index is 13.6. The number of carbonyl (C=O) groups excluding carboxylic acids is 2. The van der Waals surface area contributed by atoms with Crippen LogP contribution >= 0.6 is 23.2 Å². The second-order valence-electron chi connectivity index (χ2n) is 15.1. The summed E-state index contributed by atoms with van der Waals surface area (Å²) in [5.41, 5.74) is 2.45. The smallest absolute Gasteiger partial charge is 0.328 e. The van der Waals surface area contributed by atoms with Gasteiger partial charge in [-0.1, -0.05) is 132 Å². The number of rotatable bonds is 13. The summed E-state index contributed by atoms with van der Waals surface area (Å²) in [4.78, 5) is 25.5. The first kappa shape index (κ1) is 45.2. The van der Waals surface area contributed by atoms with Crippen molar-refractivity contribution >= 4 is 55.2 Å². The fourth-order valence-electron chi connectivity index (χ4n) is 7.89. The third-order valence-electron chi connectivity index (χ3n) is 11.3. The van der Waals surface area contributed by atoms with Crippen LogP contribution in [0.1, 0.15) is 35.8 Å². The number of carbonyl (C=O) groups is 2. The van der Waals surface area contributed by atoms with E-state index in [1.54, 1.807) is 48.5 Å². The molecule has 0 bridgehead atoms. The Kier molecular flexibility index (Phi) is 13.2. The van der Waals surface area contributed by atoms with Gasteiger partial charge in [0, 0.05) is 21.9 Å². The SMILES string of the molecule is COC(=O)C1(N(CC#N)S(=O)(=O)c2ccc(-c3ccc(Cl)cc3)cc2)CC1c1ccccc1.COC(=O)C1(NS(=O)(=O)c2ccc(-c3ccc(Cl)cc3)cc2)CC1c1ccccc1. The number of sulfonamides is 2. The highest BCUT2D eigenvalue weighted by Crippen LogP contribution is 2.58. The molecule has 0 saturated heterocycles. The van der Waals surface area contributed by atoms with Crippen LogP contribution in [0.5, 0.6) is 0 Å². The first-order chi connectivity index (χ1) is 30.2. The molecular weight excluding hydrogens is 882 g/mol. The Bertz CT molecular complexity index is 2860. The van der Waals surface area contributed by atoms with Crippen LogP contribution in [-0.2, 0) is 39.1 Å². The maximum Gasteiger partial charge on any atom is 0.328 e. The molecule has 0 aromatic heterocycles. The number of benzene rings is 6. The van der Waals surface area contributed by atoms with Crippen LogP contribution in [0, 0.1) is 11.3 Å². The molecule has 15 heteroatoms. The van der Waals surface area contributed by atoms with Gasteiger partial charge in [0.25, 0.3) is 0 Å². The van der Waals surface area contributed by atoms with Crippen LogP contribution in [0.4, 0.5) is 0 Å². The average Bonchev–Trinajstić information content (AvgIpc) is 4.24. The Labute approximate surface area is 376 Å². The highest BCUT2D eigenvalue weighted by atomic mass is 35.5. The molecule has 4 atom stereocenters. The average molecular weight is 923 g/mol. The van der Waals surface area contributed by atoms with Gasteiger partial charge in [-0.15, -0.1) is 0 Å². The molecule has 0 aliphatic heterocycles. The number of hydrogen-bond donors (Lipinski definition) is 1. The van der Waals surface area contributed by atoms with E-state index in [0.29, 0.717) is 16.5 Å². The van der Waals surface area contributed by atoms with Gasteiger partial charge in [0.15, 0.2) is 0 Å². The summed E-state index contributed by atoms with van der Waals surface area (Å²) in [7, 11) is -5.61. The van der Waals surface area contributed by atoms with Crippen molar-refractivity contribution in [1.29, 1.82) is 5.26 Å². The van der Waals surface area contributed by atoms with E-state index in [4.69, 9.17) is 32.7 Å². The van der Waals surface area contributed by atoms with E-state index in [0.717, 1.165) is 37.7 Å². The molecule has 0 heterocycles. The van der Waals surface area contributed by atoms with E-state index in [2.05, 4.69) is 4.72 Å². The van der Waals surface area contributed by atoms with Crippen molar-refractivity contribution in [3.8, 4) is 28.3 Å². The second kappa shape index (κ2) is 18.5. The number of ether oxygens (including phenoxy) is 2. The number of nitriles is 1. The summed E-state index contributed by atoms with van der Waals surface area (Å²) >= 11 is 11.9. The predicted molar refractivity (Wildman–Crippen MR) is 241 cm³/mol. The van der Waals surface area contributed by atoms with E-state index in [9.17, 15) is 31.7 Å². The molecule has 322 valence electrons. The van der Waals surface area contributed by atoms with Gasteiger partial charge < -0.3 is 9.47 Å². The largest absolute Gasteiger partial charge is 0.468 e. The fraction of sp³-hybridized carbons (Fsp3) is 0.188. The first-order valence-corrected chi connectivity index (χ1v) is 23.3. The van der Waals surface area contributed by atoms with Crippen molar-refractivity contribution in [2.45, 2.75) is 45.5 Å². The molecule has 63 heavy (non-hydrogen) atoms. The lowest BCUT2D eigenvalue weighted by molar-refractivity contribution is -0.147. The third kappa shape index (κ3) is 9.29. The zero-order chi connectivity index (χ0) is 45.0. The zero-order valence-electron chi connectivity index (χ0n) is 34.0. The number of esters is 2. The summed E-state index contributed by atoms with van der Waals surface area (Å²) in [6.07, 6.45) is 0.596. The standard InChI is InChI=1S/C25H21ClN2O4S.C23H20ClNO4S/c1-32-24(29)25(17-23(25)20-5-3-2-4-6-20)28(16-15-27)33(30,31)22-13-9-19(10-14-22)18-7-11-21(26)12-8-18;1-29-22(26)23(15-21(23)18-5-3-2-4-6-18)25-30(27,28)20-13-9-17(10-14-20)16-7-11-19(24)12-8-16/h2-14,23H,16-17H2,1H3;2-14,21,25H,15H2,1H3. The number of nitrogens with zero attached hydrogens (tertiary/aromatic N) is 2. The summed E-state index contributed by atoms with van der Waals surface area (Å²) in [5, 5.41) is 10.7. The summed E-state index contributed by atoms with van der Waals surface area (Å²) < 4.78 is 66.9. The number of nitrogens with one attached hydrogen (secondary N) is 1. The molecule has 0 radical (unpaired) electrons. The van der Waals surface area contributed by atoms with E-state index in [-0.39, 0.29) is 22.1 Å². The van der Waals surface area contributed by atoms with Gasteiger partial charge in [0.1, 0.15) is 17.6 Å². The van der Waals surface area contributed by atoms with Gasteiger partial charge in [0.05, 0.1) is 30.1 Å². The van der Waals surface area contributed by atoms with Crippen LogP contribution in [-0.4, -0.2) is 64.9 Å². The molecule has 2 aliphatic carbocycles. The highest BCUT2D eigenvalue weighted by Gasteiger charge is 2.68. The van der Waals surface area contributed by atoms with E-state index >= 15 is 0 Å². The maximum atomic E-state index is 13.6. The zero-order valence-corrected chi connectivity index (χ0v) is 37.2. The van der Waals surface area contributed by atoms with Gasteiger partial charge in [0.2, 0.25) is 20.0 Å². The minimum absolute atomic E-state index is 0.00236. The lowest BCUT2D eigenvalue weighted by atomic mass is 10.1. The number of hydrogen-bond acceptors (Lipinski definition) is 9. The number of halogens is 2. The molecule has 11 nitrogen and oxygen atoms in total. The molecule has 4 unspecified atom stereocenters. The number of methoxy groups -OCH3 is 2. The lowest BCUT2D eigenvalue weighted by Crippen LogP contribution is -2.49. The Balaban J connectivity index is 0.000000190. The fourth-order valence-corrected chi connectivity index (χ4v) is 11.2. The van der Waals surface area contributed by atoms with Gasteiger partial charge >= 0.3 is 11.9 Å². The molecule has 1 N–H and O–H groups in total. The van der Waals surface area contributed by atoms with E-state index in [1.165, 1.54) is 38.5 Å². The van der Waals surface area contributed by atoms with Crippen LogP contribution in [0.3, 0.4) is 0 Å². The summed E-state index contributed by atoms with van der Waals surface area (Å²) in [5.74, 6) is -1.93. The topological polar surface area (TPSA) is 160 Å². The van der Waals surface area contributed by atoms with Crippen molar-refractivity contribution < 1.29 is 35.9 Å². The molecular formula is C48H41Cl2N3O8S2. The minimum atomic E-state index is -4.17.